The fourth-order valence-corrected chi connectivity index (χ4v) is 7.60. The van der Waals surface area contributed by atoms with Crippen molar-refractivity contribution < 1.29 is 10.2 Å². The monoisotopic (exact) mass is 461 g/mol. The van der Waals surface area contributed by atoms with Gasteiger partial charge in [-0.05, 0) is 80.2 Å². The van der Waals surface area contributed by atoms with Crippen LogP contribution in [0.3, 0.4) is 0 Å². The van der Waals surface area contributed by atoms with Crippen molar-refractivity contribution in [1.29, 1.82) is 0 Å². The summed E-state index contributed by atoms with van der Waals surface area (Å²) in [5.74, 6) is 2.93. The van der Waals surface area contributed by atoms with Crippen LogP contribution in [0.15, 0.2) is 29.1 Å². The molecule has 6 rings (SSSR count). The Hall–Kier alpha value is -1.34. The highest BCUT2D eigenvalue weighted by Gasteiger charge is 2.63. The number of likely N-dealkylation sites (tertiary alicyclic amines) is 1. The van der Waals surface area contributed by atoms with Crippen LogP contribution in [0.25, 0.3) is 11.0 Å². The molecule has 0 radical (unpaired) electrons. The Morgan fingerprint density at radius 1 is 1.06 bits per heavy atom. The van der Waals surface area contributed by atoms with Crippen LogP contribution in [-0.2, 0) is 6.54 Å². The third-order valence-electron chi connectivity index (χ3n) is 9.27. The van der Waals surface area contributed by atoms with E-state index in [0.717, 1.165) is 60.1 Å². The van der Waals surface area contributed by atoms with E-state index in [4.69, 9.17) is 0 Å². The molecule has 7 heteroatoms. The number of para-hydroxylation sites is 2. The highest BCUT2D eigenvalue weighted by Crippen LogP contribution is 2.71. The first-order chi connectivity index (χ1) is 15.1. The van der Waals surface area contributed by atoms with Crippen molar-refractivity contribution in [3.8, 4) is 0 Å². The quantitative estimate of drug-likeness (QED) is 0.693. The maximum Gasteiger partial charge on any atom is 0.329 e. The van der Waals surface area contributed by atoms with Crippen LogP contribution in [0.2, 0.25) is 0 Å². The van der Waals surface area contributed by atoms with E-state index in [1.165, 1.54) is 38.6 Å². The van der Waals surface area contributed by atoms with Crippen LogP contribution in [-0.4, -0.2) is 56.6 Å². The summed E-state index contributed by atoms with van der Waals surface area (Å²) < 4.78 is 3.59. The molecule has 2 aromatic rings. The summed E-state index contributed by atoms with van der Waals surface area (Å²) in [6, 6.07) is 8.06. The number of hydrogen-bond donors (Lipinski definition) is 2. The van der Waals surface area contributed by atoms with Gasteiger partial charge in [0.05, 0.1) is 30.3 Å². The average Bonchev–Trinajstić information content (AvgIpc) is 3.21. The van der Waals surface area contributed by atoms with Crippen molar-refractivity contribution in [1.82, 2.24) is 14.0 Å². The topological polar surface area (TPSA) is 70.6 Å². The first-order valence-electron chi connectivity index (χ1n) is 12.3. The Morgan fingerprint density at radius 3 is 2.47 bits per heavy atom. The van der Waals surface area contributed by atoms with Gasteiger partial charge in [-0.3, -0.25) is 9.13 Å². The second-order valence-corrected chi connectivity index (χ2v) is 10.7. The maximum atomic E-state index is 13.3. The standard InChI is InChI=1S/C25H35N3O3.ClH/c29-16-20(30)14-27-22-3-1-2-4-23(22)28(24(27)31)19-7-11-26(12-8-19)15-21-17-5-6-18(13-17)25(21)9-10-25;/h1-4,17-21,29-30H,5-16H2;1H/t17-,18+,20+,21-;/m0./s1. The summed E-state index contributed by atoms with van der Waals surface area (Å²) >= 11 is 0. The van der Waals surface area contributed by atoms with Gasteiger partial charge in [0.1, 0.15) is 0 Å². The number of nitrogens with zero attached hydrogens (tertiary/aromatic N) is 3. The molecular weight excluding hydrogens is 426 g/mol. The Balaban J connectivity index is 0.00000216. The molecule has 1 aliphatic heterocycles. The van der Waals surface area contributed by atoms with E-state index in [1.54, 1.807) is 4.57 Å². The fraction of sp³-hybridized carbons (Fsp3) is 0.720. The van der Waals surface area contributed by atoms with E-state index in [1.807, 2.05) is 28.8 Å². The number of benzene rings is 1. The van der Waals surface area contributed by atoms with E-state index in [-0.39, 0.29) is 37.3 Å². The lowest BCUT2D eigenvalue weighted by molar-refractivity contribution is 0.0806. The third kappa shape index (κ3) is 3.46. The summed E-state index contributed by atoms with van der Waals surface area (Å²) in [7, 11) is 0. The first kappa shape index (κ1) is 22.5. The van der Waals surface area contributed by atoms with Crippen LogP contribution < -0.4 is 5.69 Å². The van der Waals surface area contributed by atoms with Gasteiger partial charge in [0.15, 0.2) is 0 Å². The molecule has 1 saturated heterocycles. The number of hydrogen-bond acceptors (Lipinski definition) is 4. The number of halogens is 1. The van der Waals surface area contributed by atoms with Crippen molar-refractivity contribution in [3.05, 3.63) is 34.7 Å². The molecule has 6 nitrogen and oxygen atoms in total. The van der Waals surface area contributed by atoms with E-state index >= 15 is 0 Å². The maximum absolute atomic E-state index is 13.3. The molecule has 3 saturated carbocycles. The second-order valence-electron chi connectivity index (χ2n) is 10.7. The molecule has 0 unspecified atom stereocenters. The van der Waals surface area contributed by atoms with Crippen molar-refractivity contribution in [3.63, 3.8) is 0 Å². The van der Waals surface area contributed by atoms with Gasteiger partial charge in [-0.1, -0.05) is 12.1 Å². The summed E-state index contributed by atoms with van der Waals surface area (Å²) in [4.78, 5) is 16.0. The lowest BCUT2D eigenvalue weighted by atomic mass is 9.76. The van der Waals surface area contributed by atoms with Gasteiger partial charge in [-0.15, -0.1) is 12.4 Å². The van der Waals surface area contributed by atoms with Crippen LogP contribution in [0, 0.1) is 23.2 Å². The molecule has 2 bridgehead atoms. The normalized spacial score (nSPS) is 30.1. The number of aliphatic hydroxyl groups excluding tert-OH is 2. The summed E-state index contributed by atoms with van der Waals surface area (Å²) in [6.07, 6.45) is 8.48. The number of aromatic nitrogens is 2. The minimum absolute atomic E-state index is 0. The second kappa shape index (κ2) is 8.46. The number of piperidine rings is 1. The zero-order chi connectivity index (χ0) is 21.2. The largest absolute Gasteiger partial charge is 0.394 e. The predicted octanol–water partition coefficient (Wildman–Crippen LogP) is 3.04. The van der Waals surface area contributed by atoms with Gasteiger partial charge in [0.25, 0.3) is 0 Å². The van der Waals surface area contributed by atoms with Gasteiger partial charge in [0.2, 0.25) is 0 Å². The van der Waals surface area contributed by atoms with Gasteiger partial charge in [0, 0.05) is 25.7 Å². The molecule has 2 N–H and O–H groups in total. The molecule has 4 fully saturated rings. The lowest BCUT2D eigenvalue weighted by Gasteiger charge is -2.39. The smallest absolute Gasteiger partial charge is 0.329 e. The Kier molecular flexibility index (Phi) is 5.94. The van der Waals surface area contributed by atoms with Crippen molar-refractivity contribution >= 4 is 23.4 Å². The van der Waals surface area contributed by atoms with E-state index in [2.05, 4.69) is 4.90 Å². The molecule has 176 valence electrons. The molecule has 1 spiro atoms. The lowest BCUT2D eigenvalue weighted by Crippen LogP contribution is -2.42. The van der Waals surface area contributed by atoms with Crippen molar-refractivity contribution in [2.24, 2.45) is 23.2 Å². The average molecular weight is 462 g/mol. The van der Waals surface area contributed by atoms with E-state index < -0.39 is 6.10 Å². The Labute approximate surface area is 195 Å². The molecule has 1 aromatic carbocycles. The third-order valence-corrected chi connectivity index (χ3v) is 9.27. The van der Waals surface area contributed by atoms with Crippen LogP contribution in [0.1, 0.15) is 51.0 Å². The first-order valence-corrected chi connectivity index (χ1v) is 12.3. The zero-order valence-corrected chi connectivity index (χ0v) is 19.6. The van der Waals surface area contributed by atoms with Gasteiger partial charge >= 0.3 is 5.69 Å². The summed E-state index contributed by atoms with van der Waals surface area (Å²) in [6.45, 7) is 3.20. The van der Waals surface area contributed by atoms with Crippen molar-refractivity contribution in [2.75, 3.05) is 26.2 Å². The van der Waals surface area contributed by atoms with Gasteiger partial charge in [-0.25, -0.2) is 4.79 Å². The van der Waals surface area contributed by atoms with Crippen LogP contribution >= 0.6 is 12.4 Å². The van der Waals surface area contributed by atoms with E-state index in [9.17, 15) is 15.0 Å². The number of aliphatic hydroxyl groups is 2. The molecule has 4 atom stereocenters. The molecule has 0 amide bonds. The highest BCUT2D eigenvalue weighted by atomic mass is 35.5. The molecular formula is C25H36ClN3O3. The number of fused-ring (bicyclic) bond motifs is 4. The molecule has 3 aliphatic carbocycles. The van der Waals surface area contributed by atoms with Gasteiger partial charge in [-0.2, -0.15) is 0 Å². The number of imidazole rings is 1. The predicted molar refractivity (Wildman–Crippen MR) is 127 cm³/mol. The molecule has 32 heavy (non-hydrogen) atoms. The number of rotatable bonds is 6. The molecule has 1 aromatic heterocycles. The van der Waals surface area contributed by atoms with Gasteiger partial charge < -0.3 is 15.1 Å². The van der Waals surface area contributed by atoms with E-state index in [0.29, 0.717) is 0 Å². The highest BCUT2D eigenvalue weighted by molar-refractivity contribution is 5.85. The van der Waals surface area contributed by atoms with Crippen LogP contribution in [0.4, 0.5) is 0 Å². The van der Waals surface area contributed by atoms with Crippen molar-refractivity contribution in [2.45, 2.75) is 63.6 Å². The Morgan fingerprint density at radius 2 is 1.78 bits per heavy atom. The molecule has 4 aliphatic rings. The fourth-order valence-electron chi connectivity index (χ4n) is 7.60. The minimum Gasteiger partial charge on any atom is -0.394 e. The minimum atomic E-state index is -0.921. The zero-order valence-electron chi connectivity index (χ0n) is 18.7. The summed E-state index contributed by atoms with van der Waals surface area (Å²) in [5, 5.41) is 19.2. The molecule has 2 heterocycles. The summed E-state index contributed by atoms with van der Waals surface area (Å²) in [5.41, 5.74) is 2.45. The Bertz CT molecular complexity index is 1020. The SMILES string of the molecule is Cl.O=c1n(C[C@@H](O)CO)c2ccccc2n1C1CCN(C[C@H]2[C@H]3CC[C@H](C3)C23CC3)CC1. The van der Waals surface area contributed by atoms with Crippen LogP contribution in [0.5, 0.6) is 0 Å².